The summed E-state index contributed by atoms with van der Waals surface area (Å²) in [5.74, 6) is 0.789. The maximum Gasteiger partial charge on any atom is 0.141 e. The Morgan fingerprint density at radius 1 is 0.889 bits per heavy atom. The second-order valence-electron chi connectivity index (χ2n) is 6.37. The first-order valence-electron chi connectivity index (χ1n) is 8.75. The zero-order chi connectivity index (χ0) is 18.6. The van der Waals surface area contributed by atoms with E-state index >= 15 is 0 Å². The Kier molecular flexibility index (Phi) is 5.03. The fourth-order valence-electron chi connectivity index (χ4n) is 2.97. The van der Waals surface area contributed by atoms with E-state index in [0.717, 1.165) is 39.1 Å². The molecule has 0 saturated carbocycles. The molecule has 0 aliphatic heterocycles. The predicted molar refractivity (Wildman–Crippen MR) is 115 cm³/mol. The molecule has 0 atom stereocenters. The number of aromatic nitrogens is 2. The van der Waals surface area contributed by atoms with Gasteiger partial charge in [-0.2, -0.15) is 0 Å². The summed E-state index contributed by atoms with van der Waals surface area (Å²) in [5.41, 5.74) is 5.49. The van der Waals surface area contributed by atoms with Gasteiger partial charge in [0.05, 0.1) is 5.52 Å². The molecule has 2 N–H and O–H groups in total. The van der Waals surface area contributed by atoms with Crippen LogP contribution in [0.3, 0.4) is 0 Å². The van der Waals surface area contributed by atoms with E-state index in [-0.39, 0.29) is 0 Å². The van der Waals surface area contributed by atoms with Crippen molar-refractivity contribution in [3.63, 3.8) is 0 Å². The average molecular weight is 419 g/mol. The molecule has 3 aromatic carbocycles. The molecule has 1 aromatic heterocycles. The summed E-state index contributed by atoms with van der Waals surface area (Å²) in [7, 11) is 0. The highest BCUT2D eigenvalue weighted by Gasteiger charge is 2.06. The van der Waals surface area contributed by atoms with E-state index in [2.05, 4.69) is 79.9 Å². The zero-order valence-electron chi connectivity index (χ0n) is 14.9. The molecular weight excluding hydrogens is 400 g/mol. The molecule has 0 amide bonds. The monoisotopic (exact) mass is 418 g/mol. The number of hydrogen-bond acceptors (Lipinski definition) is 4. The first-order chi connectivity index (χ1) is 13.2. The van der Waals surface area contributed by atoms with Gasteiger partial charge in [0.1, 0.15) is 12.1 Å². The third-order valence-electron chi connectivity index (χ3n) is 4.47. The van der Waals surface area contributed by atoms with Crippen LogP contribution in [0.1, 0.15) is 11.1 Å². The highest BCUT2D eigenvalue weighted by atomic mass is 79.9. The first kappa shape index (κ1) is 17.5. The van der Waals surface area contributed by atoms with E-state index < -0.39 is 0 Å². The number of nitrogens with one attached hydrogen (secondary N) is 2. The van der Waals surface area contributed by atoms with Crippen molar-refractivity contribution in [3.8, 4) is 0 Å². The minimum Gasteiger partial charge on any atom is -0.381 e. The van der Waals surface area contributed by atoms with Crippen molar-refractivity contribution in [3.05, 3.63) is 88.7 Å². The zero-order valence-corrected chi connectivity index (χ0v) is 16.5. The summed E-state index contributed by atoms with van der Waals surface area (Å²) in [6, 6.07) is 22.6. The van der Waals surface area contributed by atoms with E-state index in [0.29, 0.717) is 0 Å². The van der Waals surface area contributed by atoms with Gasteiger partial charge in [0, 0.05) is 27.8 Å². The van der Waals surface area contributed by atoms with Crippen LogP contribution in [0.25, 0.3) is 10.9 Å². The van der Waals surface area contributed by atoms with Gasteiger partial charge in [-0.1, -0.05) is 46.3 Å². The van der Waals surface area contributed by atoms with Crippen LogP contribution in [-0.2, 0) is 6.54 Å². The summed E-state index contributed by atoms with van der Waals surface area (Å²) in [6.45, 7) is 2.91. The molecule has 0 radical (unpaired) electrons. The lowest BCUT2D eigenvalue weighted by Crippen LogP contribution is -2.02. The molecule has 0 unspecified atom stereocenters. The average Bonchev–Trinajstić information content (AvgIpc) is 2.68. The maximum atomic E-state index is 4.44. The molecule has 1 heterocycles. The highest BCUT2D eigenvalue weighted by Crippen LogP contribution is 2.27. The van der Waals surface area contributed by atoms with Crippen LogP contribution in [0.5, 0.6) is 0 Å². The predicted octanol–water partition coefficient (Wildman–Crippen LogP) is 6.06. The fraction of sp³-hybridized carbons (Fsp3) is 0.0909. The minimum absolute atomic E-state index is 0.778. The normalized spacial score (nSPS) is 10.7. The Hall–Kier alpha value is -2.92. The van der Waals surface area contributed by atoms with Crippen molar-refractivity contribution in [2.45, 2.75) is 13.5 Å². The number of benzene rings is 3. The Bertz CT molecular complexity index is 1090. The van der Waals surface area contributed by atoms with Gasteiger partial charge in [-0.25, -0.2) is 9.97 Å². The van der Waals surface area contributed by atoms with Gasteiger partial charge in [0.25, 0.3) is 0 Å². The highest BCUT2D eigenvalue weighted by molar-refractivity contribution is 9.10. The van der Waals surface area contributed by atoms with Crippen LogP contribution in [0, 0.1) is 6.92 Å². The number of aryl methyl sites for hydroxylation is 1. The molecule has 0 fully saturated rings. The van der Waals surface area contributed by atoms with Gasteiger partial charge in [0.15, 0.2) is 0 Å². The summed E-state index contributed by atoms with van der Waals surface area (Å²) in [4.78, 5) is 8.83. The quantitative estimate of drug-likeness (QED) is 0.413. The molecule has 0 bridgehead atoms. The van der Waals surface area contributed by atoms with Crippen LogP contribution < -0.4 is 10.6 Å². The second kappa shape index (κ2) is 7.76. The summed E-state index contributed by atoms with van der Waals surface area (Å²) in [5, 5.41) is 7.87. The Labute approximate surface area is 166 Å². The molecule has 4 aromatic rings. The van der Waals surface area contributed by atoms with Gasteiger partial charge in [0.2, 0.25) is 0 Å². The van der Waals surface area contributed by atoms with Crippen LogP contribution in [0.4, 0.5) is 17.2 Å². The maximum absolute atomic E-state index is 4.44. The van der Waals surface area contributed by atoms with E-state index in [1.165, 1.54) is 11.1 Å². The standard InChI is InChI=1S/C22H19BrN4/c1-15-5-2-3-6-16(15)13-24-18-9-10-21-20(12-18)22(26-14-25-21)27-19-8-4-7-17(23)11-19/h2-12,14,24H,13H2,1H3,(H,25,26,27). The lowest BCUT2D eigenvalue weighted by atomic mass is 10.1. The van der Waals surface area contributed by atoms with Gasteiger partial charge < -0.3 is 10.6 Å². The molecular formula is C22H19BrN4. The lowest BCUT2D eigenvalue weighted by Gasteiger charge is -2.12. The van der Waals surface area contributed by atoms with Gasteiger partial charge in [-0.3, -0.25) is 0 Å². The minimum atomic E-state index is 0.778. The Balaban J connectivity index is 1.62. The smallest absolute Gasteiger partial charge is 0.141 e. The number of rotatable bonds is 5. The lowest BCUT2D eigenvalue weighted by molar-refractivity contribution is 1.12. The first-order valence-corrected chi connectivity index (χ1v) is 9.54. The topological polar surface area (TPSA) is 49.8 Å². The van der Waals surface area contributed by atoms with Crippen LogP contribution in [0.2, 0.25) is 0 Å². The summed E-state index contributed by atoms with van der Waals surface area (Å²) >= 11 is 3.50. The van der Waals surface area contributed by atoms with Crippen molar-refractivity contribution in [1.82, 2.24) is 9.97 Å². The fourth-order valence-corrected chi connectivity index (χ4v) is 3.37. The van der Waals surface area contributed by atoms with E-state index in [9.17, 15) is 0 Å². The van der Waals surface area contributed by atoms with Crippen molar-refractivity contribution in [2.75, 3.05) is 10.6 Å². The molecule has 27 heavy (non-hydrogen) atoms. The third kappa shape index (κ3) is 4.09. The number of halogens is 1. The van der Waals surface area contributed by atoms with Crippen molar-refractivity contribution in [2.24, 2.45) is 0 Å². The molecule has 0 spiro atoms. The molecule has 134 valence electrons. The van der Waals surface area contributed by atoms with Crippen LogP contribution in [-0.4, -0.2) is 9.97 Å². The molecule has 0 aliphatic carbocycles. The van der Waals surface area contributed by atoms with Gasteiger partial charge >= 0.3 is 0 Å². The number of anilines is 3. The van der Waals surface area contributed by atoms with E-state index in [1.807, 2.05) is 30.3 Å². The SMILES string of the molecule is Cc1ccccc1CNc1ccc2ncnc(Nc3cccc(Br)c3)c2c1. The Morgan fingerprint density at radius 2 is 1.78 bits per heavy atom. The van der Waals surface area contributed by atoms with Crippen molar-refractivity contribution < 1.29 is 0 Å². The second-order valence-corrected chi connectivity index (χ2v) is 7.29. The molecule has 5 heteroatoms. The largest absolute Gasteiger partial charge is 0.381 e. The number of hydrogen-bond donors (Lipinski definition) is 2. The van der Waals surface area contributed by atoms with Crippen LogP contribution >= 0.6 is 15.9 Å². The van der Waals surface area contributed by atoms with Crippen molar-refractivity contribution in [1.29, 1.82) is 0 Å². The van der Waals surface area contributed by atoms with Crippen LogP contribution in [0.15, 0.2) is 77.5 Å². The molecule has 0 aliphatic rings. The van der Waals surface area contributed by atoms with E-state index in [4.69, 9.17) is 0 Å². The van der Waals surface area contributed by atoms with Gasteiger partial charge in [-0.15, -0.1) is 0 Å². The van der Waals surface area contributed by atoms with Crippen molar-refractivity contribution >= 4 is 44.0 Å². The number of nitrogens with zero attached hydrogens (tertiary/aromatic N) is 2. The molecule has 4 rings (SSSR count). The Morgan fingerprint density at radius 3 is 2.63 bits per heavy atom. The summed E-state index contributed by atoms with van der Waals surface area (Å²) in [6.07, 6.45) is 1.59. The van der Waals surface area contributed by atoms with Gasteiger partial charge in [-0.05, 0) is 54.4 Å². The number of fused-ring (bicyclic) bond motifs is 1. The summed E-state index contributed by atoms with van der Waals surface area (Å²) < 4.78 is 1.02. The molecule has 4 nitrogen and oxygen atoms in total. The molecule has 0 saturated heterocycles. The van der Waals surface area contributed by atoms with E-state index in [1.54, 1.807) is 6.33 Å². The third-order valence-corrected chi connectivity index (χ3v) is 4.96.